The van der Waals surface area contributed by atoms with E-state index in [0.29, 0.717) is 19.5 Å². The minimum atomic E-state index is -0.538. The molecule has 0 spiro atoms. The molecule has 1 aliphatic carbocycles. The molecule has 2 fully saturated rings. The maximum absolute atomic E-state index is 12.6. The number of likely N-dealkylation sites (tertiary alicyclic amines) is 1. The average molecular weight is 334 g/mol. The van der Waals surface area contributed by atoms with Gasteiger partial charge in [-0.25, -0.2) is 4.79 Å². The number of fused-ring (bicyclic) bond motifs is 1. The van der Waals surface area contributed by atoms with E-state index in [0.717, 1.165) is 36.9 Å². The van der Waals surface area contributed by atoms with E-state index in [4.69, 9.17) is 0 Å². The second kappa shape index (κ2) is 6.73. The van der Waals surface area contributed by atoms with Crippen LogP contribution in [0.3, 0.4) is 0 Å². The molecule has 1 saturated carbocycles. The lowest BCUT2D eigenvalue weighted by Crippen LogP contribution is -2.55. The SMILES string of the molecule is CSc1cccc(NC(=O)N2CCC3(O)CCCCC3C2)c1C. The number of nitrogens with zero attached hydrogens (tertiary/aromatic N) is 1. The molecular weight excluding hydrogens is 308 g/mol. The third-order valence-corrected chi connectivity index (χ3v) is 6.34. The number of carbonyl (C=O) groups is 1. The summed E-state index contributed by atoms with van der Waals surface area (Å²) >= 11 is 1.69. The van der Waals surface area contributed by atoms with Crippen LogP contribution < -0.4 is 5.32 Å². The van der Waals surface area contributed by atoms with Gasteiger partial charge in [0, 0.05) is 29.6 Å². The van der Waals surface area contributed by atoms with Gasteiger partial charge in [0.1, 0.15) is 0 Å². The highest BCUT2D eigenvalue weighted by Crippen LogP contribution is 2.40. The summed E-state index contributed by atoms with van der Waals surface area (Å²) in [7, 11) is 0. The average Bonchev–Trinajstić information content (AvgIpc) is 2.55. The third-order valence-electron chi connectivity index (χ3n) is 5.46. The number of rotatable bonds is 2. The smallest absolute Gasteiger partial charge is 0.321 e. The second-order valence-corrected chi connectivity index (χ2v) is 7.65. The lowest BCUT2D eigenvalue weighted by molar-refractivity contribution is -0.0863. The molecule has 1 heterocycles. The van der Waals surface area contributed by atoms with Crippen molar-refractivity contribution in [2.45, 2.75) is 49.5 Å². The second-order valence-electron chi connectivity index (χ2n) is 6.81. The van der Waals surface area contributed by atoms with Gasteiger partial charge in [-0.2, -0.15) is 0 Å². The normalized spacial score (nSPS) is 27.4. The fourth-order valence-corrected chi connectivity index (χ4v) is 4.55. The van der Waals surface area contributed by atoms with E-state index in [1.165, 1.54) is 4.90 Å². The van der Waals surface area contributed by atoms with Gasteiger partial charge in [0.05, 0.1) is 5.60 Å². The lowest BCUT2D eigenvalue weighted by atomic mass is 9.71. The van der Waals surface area contributed by atoms with Crippen LogP contribution in [0, 0.1) is 12.8 Å². The van der Waals surface area contributed by atoms with E-state index in [9.17, 15) is 9.90 Å². The Morgan fingerprint density at radius 1 is 1.39 bits per heavy atom. The Labute approximate surface area is 142 Å². The standard InChI is InChI=1S/C18H26N2O2S/c1-13-15(7-5-8-16(13)23-2)19-17(21)20-11-10-18(22)9-4-3-6-14(18)12-20/h5,7-8,14,22H,3-4,6,9-12H2,1-2H3,(H,19,21). The Morgan fingerprint density at radius 2 is 2.22 bits per heavy atom. The van der Waals surface area contributed by atoms with Crippen molar-refractivity contribution in [3.05, 3.63) is 23.8 Å². The number of piperidine rings is 1. The van der Waals surface area contributed by atoms with Gasteiger partial charge in [-0.05, 0) is 50.1 Å². The summed E-state index contributed by atoms with van der Waals surface area (Å²) in [5, 5.41) is 13.8. The van der Waals surface area contributed by atoms with Crippen molar-refractivity contribution < 1.29 is 9.90 Å². The van der Waals surface area contributed by atoms with Gasteiger partial charge in [0.15, 0.2) is 0 Å². The van der Waals surface area contributed by atoms with Gasteiger partial charge in [-0.1, -0.05) is 18.9 Å². The van der Waals surface area contributed by atoms with E-state index in [1.807, 2.05) is 30.2 Å². The third kappa shape index (κ3) is 3.36. The highest BCUT2D eigenvalue weighted by atomic mass is 32.2. The van der Waals surface area contributed by atoms with Crippen molar-refractivity contribution in [3.8, 4) is 0 Å². The minimum Gasteiger partial charge on any atom is -0.389 e. The molecule has 2 unspecified atom stereocenters. The first-order chi connectivity index (χ1) is 11.0. The molecule has 1 saturated heterocycles. The molecule has 5 heteroatoms. The molecule has 3 rings (SSSR count). The summed E-state index contributed by atoms with van der Waals surface area (Å²) in [4.78, 5) is 15.7. The molecule has 2 aliphatic rings. The van der Waals surface area contributed by atoms with E-state index >= 15 is 0 Å². The van der Waals surface area contributed by atoms with Crippen LogP contribution in [0.25, 0.3) is 0 Å². The van der Waals surface area contributed by atoms with Gasteiger partial charge < -0.3 is 15.3 Å². The topological polar surface area (TPSA) is 52.6 Å². The Morgan fingerprint density at radius 3 is 3.00 bits per heavy atom. The number of amides is 2. The monoisotopic (exact) mass is 334 g/mol. The van der Waals surface area contributed by atoms with Crippen molar-refractivity contribution in [2.24, 2.45) is 5.92 Å². The Bertz CT molecular complexity index is 592. The van der Waals surface area contributed by atoms with Gasteiger partial charge in [0.25, 0.3) is 0 Å². The summed E-state index contributed by atoms with van der Waals surface area (Å²) in [6.07, 6.45) is 6.94. The number of aliphatic hydroxyl groups is 1. The van der Waals surface area contributed by atoms with Crippen LogP contribution in [0.2, 0.25) is 0 Å². The van der Waals surface area contributed by atoms with Crippen molar-refractivity contribution in [1.82, 2.24) is 4.90 Å². The predicted octanol–water partition coefficient (Wildman–Crippen LogP) is 3.88. The van der Waals surface area contributed by atoms with E-state index in [-0.39, 0.29) is 11.9 Å². The summed E-state index contributed by atoms with van der Waals surface area (Å²) in [5.41, 5.74) is 1.45. The van der Waals surface area contributed by atoms with Crippen molar-refractivity contribution >= 4 is 23.5 Å². The molecule has 2 atom stereocenters. The maximum atomic E-state index is 12.6. The van der Waals surface area contributed by atoms with Crippen LogP contribution in [-0.4, -0.2) is 41.0 Å². The minimum absolute atomic E-state index is 0.0426. The molecule has 0 aromatic heterocycles. The molecule has 23 heavy (non-hydrogen) atoms. The highest BCUT2D eigenvalue weighted by molar-refractivity contribution is 7.98. The molecule has 1 aromatic rings. The Balaban J connectivity index is 1.67. The van der Waals surface area contributed by atoms with Gasteiger partial charge >= 0.3 is 6.03 Å². The highest BCUT2D eigenvalue weighted by Gasteiger charge is 2.43. The number of carbonyl (C=O) groups excluding carboxylic acids is 1. The van der Waals surface area contributed by atoms with Crippen molar-refractivity contribution in [2.75, 3.05) is 24.7 Å². The Kier molecular flexibility index (Phi) is 4.87. The fraction of sp³-hybridized carbons (Fsp3) is 0.611. The Hall–Kier alpha value is -1.20. The zero-order valence-corrected chi connectivity index (χ0v) is 14.8. The van der Waals surface area contributed by atoms with E-state index < -0.39 is 5.60 Å². The zero-order chi connectivity index (χ0) is 16.4. The number of urea groups is 1. The quantitative estimate of drug-likeness (QED) is 0.807. The molecule has 0 radical (unpaired) electrons. The van der Waals surface area contributed by atoms with E-state index in [2.05, 4.69) is 11.4 Å². The summed E-state index contributed by atoms with van der Waals surface area (Å²) < 4.78 is 0. The largest absolute Gasteiger partial charge is 0.389 e. The van der Waals surface area contributed by atoms with Crippen LogP contribution in [0.1, 0.15) is 37.7 Å². The number of hydrogen-bond donors (Lipinski definition) is 2. The van der Waals surface area contributed by atoms with Crippen molar-refractivity contribution in [1.29, 1.82) is 0 Å². The summed E-state index contributed by atoms with van der Waals surface area (Å²) in [6.45, 7) is 3.35. The molecule has 4 nitrogen and oxygen atoms in total. The summed E-state index contributed by atoms with van der Waals surface area (Å²) in [5.74, 6) is 0.231. The molecular formula is C18H26N2O2S. The molecule has 2 amide bonds. The number of hydrogen-bond acceptors (Lipinski definition) is 3. The predicted molar refractivity (Wildman–Crippen MR) is 95.1 cm³/mol. The lowest BCUT2D eigenvalue weighted by Gasteiger charge is -2.47. The first kappa shape index (κ1) is 16.7. The first-order valence-electron chi connectivity index (χ1n) is 8.45. The number of thioether (sulfide) groups is 1. The first-order valence-corrected chi connectivity index (χ1v) is 9.68. The molecule has 126 valence electrons. The zero-order valence-electron chi connectivity index (χ0n) is 14.0. The van der Waals surface area contributed by atoms with Crippen LogP contribution >= 0.6 is 11.8 Å². The van der Waals surface area contributed by atoms with Gasteiger partial charge in [0.2, 0.25) is 0 Å². The number of nitrogens with one attached hydrogen (secondary N) is 1. The molecule has 1 aromatic carbocycles. The summed E-state index contributed by atoms with van der Waals surface area (Å²) in [6, 6.07) is 5.95. The maximum Gasteiger partial charge on any atom is 0.321 e. The van der Waals surface area contributed by atoms with Gasteiger partial charge in [-0.15, -0.1) is 11.8 Å². The molecule has 0 bridgehead atoms. The van der Waals surface area contributed by atoms with Crippen LogP contribution in [0.5, 0.6) is 0 Å². The van der Waals surface area contributed by atoms with Gasteiger partial charge in [-0.3, -0.25) is 0 Å². The van der Waals surface area contributed by atoms with E-state index in [1.54, 1.807) is 11.8 Å². The molecule has 2 N–H and O–H groups in total. The number of anilines is 1. The van der Waals surface area contributed by atoms with Crippen LogP contribution in [0.15, 0.2) is 23.1 Å². The molecule has 1 aliphatic heterocycles. The fourth-order valence-electron chi connectivity index (χ4n) is 3.92. The van der Waals surface area contributed by atoms with Crippen LogP contribution in [0.4, 0.5) is 10.5 Å². The number of benzene rings is 1. The van der Waals surface area contributed by atoms with Crippen LogP contribution in [-0.2, 0) is 0 Å². The van der Waals surface area contributed by atoms with Crippen molar-refractivity contribution in [3.63, 3.8) is 0 Å².